The Bertz CT molecular complexity index is 197. The fourth-order valence-electron chi connectivity index (χ4n) is 3.50. The van der Waals surface area contributed by atoms with E-state index in [-0.39, 0.29) is 5.60 Å². The van der Waals surface area contributed by atoms with Crippen LogP contribution in [-0.2, 0) is 4.74 Å². The van der Waals surface area contributed by atoms with Gasteiger partial charge in [-0.15, -0.1) is 0 Å². The first-order chi connectivity index (χ1) is 7.70. The first-order valence-electron chi connectivity index (χ1n) is 7.24. The Hall–Kier alpha value is -0.0400. The van der Waals surface area contributed by atoms with Crippen LogP contribution in [0, 0.1) is 12.3 Å². The molecule has 0 heterocycles. The molecule has 0 aliphatic heterocycles. The van der Waals surface area contributed by atoms with Crippen molar-refractivity contribution in [2.24, 2.45) is 5.92 Å². The van der Waals surface area contributed by atoms with E-state index in [9.17, 15) is 0 Å². The molecule has 0 aromatic rings. The van der Waals surface area contributed by atoms with Crippen LogP contribution in [0.2, 0.25) is 0 Å². The van der Waals surface area contributed by atoms with Crippen LogP contribution < -0.4 is 0 Å². The van der Waals surface area contributed by atoms with Crippen molar-refractivity contribution in [2.45, 2.75) is 83.3 Å². The monoisotopic (exact) mass is 223 g/mol. The van der Waals surface area contributed by atoms with Crippen molar-refractivity contribution in [3.05, 3.63) is 6.42 Å². The Balaban J connectivity index is 1.90. The molecule has 1 heteroatoms. The Morgan fingerprint density at radius 3 is 2.19 bits per heavy atom. The number of hydrogen-bond acceptors (Lipinski definition) is 1. The summed E-state index contributed by atoms with van der Waals surface area (Å²) in [5.74, 6) is 0.839. The summed E-state index contributed by atoms with van der Waals surface area (Å²) >= 11 is 0. The highest BCUT2D eigenvalue weighted by molar-refractivity contribution is 5.02. The molecule has 0 aromatic carbocycles. The maximum Gasteiger partial charge on any atom is 0.0720 e. The largest absolute Gasteiger partial charge is 0.372 e. The zero-order valence-corrected chi connectivity index (χ0v) is 11.0. The van der Waals surface area contributed by atoms with Gasteiger partial charge in [0.25, 0.3) is 0 Å². The predicted octanol–water partition coefficient (Wildman–Crippen LogP) is 4.51. The Kier molecular flexibility index (Phi) is 4.29. The molecule has 0 bridgehead atoms. The van der Waals surface area contributed by atoms with Crippen LogP contribution in [0.5, 0.6) is 0 Å². The topological polar surface area (TPSA) is 9.23 Å². The van der Waals surface area contributed by atoms with Gasteiger partial charge >= 0.3 is 0 Å². The second-order valence-corrected chi connectivity index (χ2v) is 6.00. The summed E-state index contributed by atoms with van der Waals surface area (Å²) in [7, 11) is 0. The summed E-state index contributed by atoms with van der Waals surface area (Å²) in [6.07, 6.45) is 15.3. The molecule has 2 rings (SSSR count). The zero-order chi connectivity index (χ0) is 11.4. The van der Waals surface area contributed by atoms with Crippen molar-refractivity contribution in [3.8, 4) is 0 Å². The molecule has 2 aliphatic rings. The molecule has 2 fully saturated rings. The Morgan fingerprint density at radius 1 is 1.00 bits per heavy atom. The minimum absolute atomic E-state index is 0.149. The zero-order valence-electron chi connectivity index (χ0n) is 11.0. The van der Waals surface area contributed by atoms with E-state index in [1.807, 2.05) is 0 Å². The fourth-order valence-corrected chi connectivity index (χ4v) is 3.50. The van der Waals surface area contributed by atoms with Gasteiger partial charge in [0.05, 0.1) is 11.7 Å². The lowest BCUT2D eigenvalue weighted by Gasteiger charge is -2.36. The summed E-state index contributed by atoms with van der Waals surface area (Å²) in [5, 5.41) is 0. The molecule has 1 radical (unpaired) electrons. The molecule has 0 aromatic heterocycles. The third-order valence-electron chi connectivity index (χ3n) is 4.11. The molecule has 16 heavy (non-hydrogen) atoms. The van der Waals surface area contributed by atoms with Crippen molar-refractivity contribution in [1.82, 2.24) is 0 Å². The van der Waals surface area contributed by atoms with Crippen LogP contribution in [-0.4, -0.2) is 11.7 Å². The van der Waals surface area contributed by atoms with Crippen molar-refractivity contribution < 1.29 is 4.74 Å². The highest BCUT2D eigenvalue weighted by Crippen LogP contribution is 2.41. The highest BCUT2D eigenvalue weighted by atomic mass is 16.5. The molecule has 1 nitrogen and oxygen atoms in total. The predicted molar refractivity (Wildman–Crippen MR) is 68.3 cm³/mol. The van der Waals surface area contributed by atoms with Crippen molar-refractivity contribution in [1.29, 1.82) is 0 Å². The van der Waals surface area contributed by atoms with E-state index in [0.717, 1.165) is 5.92 Å². The van der Waals surface area contributed by atoms with Gasteiger partial charge in [-0.3, -0.25) is 0 Å². The average molecular weight is 223 g/mol. The lowest BCUT2D eigenvalue weighted by atomic mass is 9.80. The quantitative estimate of drug-likeness (QED) is 0.681. The van der Waals surface area contributed by atoms with E-state index in [1.54, 1.807) is 0 Å². The molecule has 0 amide bonds. The van der Waals surface area contributed by atoms with Crippen LogP contribution in [0.25, 0.3) is 0 Å². The van der Waals surface area contributed by atoms with Gasteiger partial charge in [-0.25, -0.2) is 0 Å². The summed E-state index contributed by atoms with van der Waals surface area (Å²) in [6, 6.07) is 0. The maximum atomic E-state index is 6.25. The molecule has 2 aliphatic carbocycles. The van der Waals surface area contributed by atoms with Crippen LogP contribution in [0.3, 0.4) is 0 Å². The molecule has 2 saturated carbocycles. The van der Waals surface area contributed by atoms with Gasteiger partial charge in [-0.2, -0.15) is 0 Å². The molecule has 0 saturated heterocycles. The van der Waals surface area contributed by atoms with Crippen LogP contribution in [0.4, 0.5) is 0 Å². The van der Waals surface area contributed by atoms with Crippen LogP contribution in [0.15, 0.2) is 0 Å². The molecular weight excluding hydrogens is 196 g/mol. The number of hydrogen-bond donors (Lipinski definition) is 0. The average Bonchev–Trinajstić information content (AvgIpc) is 2.66. The molecular formula is C15H27O. The first kappa shape index (κ1) is 12.4. The number of rotatable bonds is 4. The smallest absolute Gasteiger partial charge is 0.0720 e. The van der Waals surface area contributed by atoms with Gasteiger partial charge in [0.15, 0.2) is 0 Å². The molecule has 0 spiro atoms. The molecule has 0 atom stereocenters. The van der Waals surface area contributed by atoms with Crippen molar-refractivity contribution >= 4 is 0 Å². The minimum Gasteiger partial charge on any atom is -0.372 e. The SMILES string of the molecule is CC(C)OC1([CH]C2CCCCC2)CCCC1. The van der Waals surface area contributed by atoms with Crippen molar-refractivity contribution in [3.63, 3.8) is 0 Å². The Labute approximate surface area is 101 Å². The molecule has 93 valence electrons. The molecule has 0 unspecified atom stereocenters. The summed E-state index contributed by atoms with van der Waals surface area (Å²) in [6.45, 7) is 4.35. The van der Waals surface area contributed by atoms with E-state index in [1.165, 1.54) is 57.8 Å². The van der Waals surface area contributed by atoms with Gasteiger partial charge in [0.1, 0.15) is 0 Å². The van der Waals surface area contributed by atoms with Crippen molar-refractivity contribution in [2.75, 3.05) is 0 Å². The molecule has 0 N–H and O–H groups in total. The summed E-state index contributed by atoms with van der Waals surface area (Å²) < 4.78 is 6.25. The number of ether oxygens (including phenoxy) is 1. The second kappa shape index (κ2) is 5.53. The van der Waals surface area contributed by atoms with Crippen LogP contribution in [0.1, 0.15) is 71.6 Å². The van der Waals surface area contributed by atoms with Gasteiger partial charge in [-0.1, -0.05) is 44.9 Å². The summed E-state index contributed by atoms with van der Waals surface area (Å²) in [4.78, 5) is 0. The van der Waals surface area contributed by atoms with E-state index < -0.39 is 0 Å². The highest BCUT2D eigenvalue weighted by Gasteiger charge is 2.38. The van der Waals surface area contributed by atoms with E-state index >= 15 is 0 Å². The van der Waals surface area contributed by atoms with E-state index in [4.69, 9.17) is 4.74 Å². The fraction of sp³-hybridized carbons (Fsp3) is 0.933. The lowest BCUT2D eigenvalue weighted by molar-refractivity contribution is -0.0606. The third kappa shape index (κ3) is 3.23. The van der Waals surface area contributed by atoms with Gasteiger partial charge in [-0.05, 0) is 39.0 Å². The Morgan fingerprint density at radius 2 is 1.62 bits per heavy atom. The van der Waals surface area contributed by atoms with Gasteiger partial charge in [0.2, 0.25) is 0 Å². The second-order valence-electron chi connectivity index (χ2n) is 6.00. The summed E-state index contributed by atoms with van der Waals surface area (Å²) in [5.41, 5.74) is 0.149. The van der Waals surface area contributed by atoms with Crippen LogP contribution >= 0.6 is 0 Å². The maximum absolute atomic E-state index is 6.25. The lowest BCUT2D eigenvalue weighted by Crippen LogP contribution is -2.35. The van der Waals surface area contributed by atoms with E-state index in [0.29, 0.717) is 6.10 Å². The normalized spacial score (nSPS) is 26.4. The van der Waals surface area contributed by atoms with Gasteiger partial charge in [0, 0.05) is 0 Å². The standard InChI is InChI=1S/C15H27O/c1-13(2)16-15(10-6-7-11-15)12-14-8-4-3-5-9-14/h12-14H,3-11H2,1-2H3. The first-order valence-corrected chi connectivity index (χ1v) is 7.24. The van der Waals surface area contributed by atoms with Gasteiger partial charge < -0.3 is 4.74 Å². The third-order valence-corrected chi connectivity index (χ3v) is 4.11. The minimum atomic E-state index is 0.149. The van der Waals surface area contributed by atoms with E-state index in [2.05, 4.69) is 20.3 Å².